The number of hydrogen-bond acceptors (Lipinski definition) is 12. The summed E-state index contributed by atoms with van der Waals surface area (Å²) in [4.78, 5) is 110. The third-order valence-corrected chi connectivity index (χ3v) is 10.9. The minimum Gasteiger partial charge on any atom is -0.508 e. The van der Waals surface area contributed by atoms with Gasteiger partial charge in [-0.2, -0.15) is 0 Å². The molecule has 0 aliphatic heterocycles. The Balaban J connectivity index is 1.88. The number of hydrogen-bond donors (Lipinski definition) is 10. The number of nitrogens with zero attached hydrogens (tertiary/aromatic N) is 2. The van der Waals surface area contributed by atoms with Crippen molar-refractivity contribution in [3.05, 3.63) is 83.9 Å². The van der Waals surface area contributed by atoms with Gasteiger partial charge in [0, 0.05) is 56.9 Å². The van der Waals surface area contributed by atoms with E-state index in [-0.39, 0.29) is 55.3 Å². The number of phenolic OH excluding ortho intramolecular Hbond substituents is 1. The van der Waals surface area contributed by atoms with E-state index in [0.717, 1.165) is 4.90 Å². The molecule has 0 saturated carbocycles. The number of hydrazine groups is 1. The van der Waals surface area contributed by atoms with Crippen molar-refractivity contribution in [1.29, 1.82) is 0 Å². The molecule has 0 radical (unpaired) electrons. The number of urea groups is 1. The summed E-state index contributed by atoms with van der Waals surface area (Å²) < 4.78 is 5.30. The summed E-state index contributed by atoms with van der Waals surface area (Å²) in [6.07, 6.45) is 1.94. The average molecular weight is 946 g/mol. The summed E-state index contributed by atoms with van der Waals surface area (Å²) in [5.74, 6) is -5.71. The Labute approximate surface area is 396 Å². The zero-order valence-electron chi connectivity index (χ0n) is 39.6. The van der Waals surface area contributed by atoms with Gasteiger partial charge in [0.1, 0.15) is 29.6 Å². The molecule has 12 N–H and O–H groups in total. The van der Waals surface area contributed by atoms with Crippen LogP contribution in [0.2, 0.25) is 0 Å². The van der Waals surface area contributed by atoms with Crippen molar-refractivity contribution in [3.63, 3.8) is 0 Å². The molecule has 0 spiro atoms. The Kier molecular flexibility index (Phi) is 22.7. The highest BCUT2D eigenvalue weighted by Crippen LogP contribution is 2.23. The van der Waals surface area contributed by atoms with Gasteiger partial charge in [-0.05, 0) is 79.8 Å². The van der Waals surface area contributed by atoms with Gasteiger partial charge in [-0.1, -0.05) is 64.4 Å². The third-order valence-electron chi connectivity index (χ3n) is 10.9. The van der Waals surface area contributed by atoms with Crippen molar-refractivity contribution < 1.29 is 48.2 Å². The molecule has 0 aromatic heterocycles. The predicted octanol–water partition coefficient (Wildman–Crippen LogP) is 1.26. The maximum atomic E-state index is 14.3. The second kappa shape index (κ2) is 28.0. The van der Waals surface area contributed by atoms with Crippen LogP contribution in [0.5, 0.6) is 11.5 Å². The number of carbonyl (C=O) groups is 8. The number of methoxy groups -OCH3 is 1. The first kappa shape index (κ1) is 55.1. The number of benzene rings is 3. The van der Waals surface area contributed by atoms with Crippen LogP contribution in [-0.2, 0) is 35.2 Å². The van der Waals surface area contributed by atoms with Crippen LogP contribution in [-0.4, -0.2) is 122 Å². The van der Waals surface area contributed by atoms with E-state index in [1.807, 2.05) is 6.92 Å². The van der Waals surface area contributed by atoms with Gasteiger partial charge in [0.15, 0.2) is 0 Å². The predicted molar refractivity (Wildman–Crippen MR) is 256 cm³/mol. The van der Waals surface area contributed by atoms with Crippen molar-refractivity contribution in [2.24, 2.45) is 23.3 Å². The molecule has 3 aromatic carbocycles. The molecule has 4 atom stereocenters. The quantitative estimate of drug-likeness (QED) is 0.0345. The number of likely N-dealkylation sites (N-methyl/N-ethyl adjacent to an activating group) is 1. The van der Waals surface area contributed by atoms with Gasteiger partial charge in [0.2, 0.25) is 23.6 Å². The van der Waals surface area contributed by atoms with Crippen LogP contribution in [0.1, 0.15) is 69.3 Å². The van der Waals surface area contributed by atoms with Gasteiger partial charge < -0.3 is 57.7 Å². The Hall–Kier alpha value is -7.26. The molecular weight excluding hydrogens is 879 g/mol. The second-order valence-corrected chi connectivity index (χ2v) is 16.2. The highest BCUT2D eigenvalue weighted by molar-refractivity contribution is 6.44. The van der Waals surface area contributed by atoms with Crippen molar-refractivity contribution in [3.8, 4) is 11.5 Å². The normalized spacial score (nSPS) is 12.5. The Morgan fingerprint density at radius 2 is 1.43 bits per heavy atom. The monoisotopic (exact) mass is 946 g/mol. The zero-order chi connectivity index (χ0) is 50.3. The van der Waals surface area contributed by atoms with E-state index < -0.39 is 77.3 Å². The number of nitrogens with one attached hydrogen (secondary N) is 7. The summed E-state index contributed by atoms with van der Waals surface area (Å²) in [6, 6.07) is 14.3. The molecule has 9 amide bonds. The first-order chi connectivity index (χ1) is 32.5. The van der Waals surface area contributed by atoms with Crippen molar-refractivity contribution in [2.45, 2.75) is 77.9 Å². The molecule has 0 aliphatic carbocycles. The number of ether oxygens (including phenoxy) is 1. The number of para-hydroxylation sites is 1. The average Bonchev–Trinajstić information content (AvgIpc) is 3.33. The van der Waals surface area contributed by atoms with Gasteiger partial charge >= 0.3 is 17.8 Å². The number of anilines is 2. The van der Waals surface area contributed by atoms with E-state index in [2.05, 4.69) is 37.4 Å². The van der Waals surface area contributed by atoms with E-state index >= 15 is 0 Å². The first-order valence-corrected chi connectivity index (χ1v) is 22.5. The number of nitrogens with two attached hydrogens (primary N) is 2. The smallest absolute Gasteiger partial charge is 0.318 e. The molecule has 21 nitrogen and oxygen atoms in total. The molecule has 68 heavy (non-hydrogen) atoms. The maximum absolute atomic E-state index is 14.3. The van der Waals surface area contributed by atoms with E-state index in [9.17, 15) is 43.5 Å². The number of aromatic hydroxyl groups is 1. The van der Waals surface area contributed by atoms with Gasteiger partial charge in [-0.3, -0.25) is 44.4 Å². The highest BCUT2D eigenvalue weighted by Gasteiger charge is 2.33. The summed E-state index contributed by atoms with van der Waals surface area (Å²) in [7, 11) is 2.79. The first-order valence-electron chi connectivity index (χ1n) is 22.5. The van der Waals surface area contributed by atoms with Gasteiger partial charge in [-0.25, -0.2) is 4.79 Å². The summed E-state index contributed by atoms with van der Waals surface area (Å²) in [5.41, 5.74) is 17.1. The standard InChI is InChI=1S/C47H67N11O10/c1-7-30(4)39(44(64)52-36(42(62)50-5)15-11-12-22-48)54-43(63)37(27-31-16-19-34(59)20-17-31)53-47(67)57(24-23-49)25-26-58(33-13-9-8-10-14-33)46(66)45(65)51-32-18-21-38(68-6)35(28-32)41(61)56-55-40(60)29(2)3/h8-10,13-14,16-21,28-30,36-37,39,59H,7,11-12,15,22-27,48-49H2,1-6H3,(H,50,62)(H,51,65)(H,52,64)(H,53,67)(H,54,63)(H,55,60)(H,56,61)/t30-,36-,37-,39-/m0/s1. The van der Waals surface area contributed by atoms with Crippen LogP contribution < -0.4 is 58.5 Å². The van der Waals surface area contributed by atoms with Crippen LogP contribution >= 0.6 is 0 Å². The SMILES string of the molecule is CC[C@H](C)[C@H](NC(=O)[C@H](Cc1ccc(O)cc1)NC(=O)N(CCN)CCN(C(=O)C(=O)Nc1ccc(OC)c(C(=O)NNC(=O)C(C)C)c1)c1ccccc1)C(=O)N[C@@H](CCCCN)C(=O)NC. The van der Waals surface area contributed by atoms with Crippen LogP contribution in [0.15, 0.2) is 72.8 Å². The minimum atomic E-state index is -1.29. The fourth-order valence-corrected chi connectivity index (χ4v) is 6.72. The topological polar surface area (TPSA) is 309 Å². The number of rotatable bonds is 24. The van der Waals surface area contributed by atoms with Crippen LogP contribution in [0.4, 0.5) is 16.2 Å². The minimum absolute atomic E-state index is 0.0188. The molecule has 0 aliphatic rings. The van der Waals surface area contributed by atoms with Crippen LogP contribution in [0.3, 0.4) is 0 Å². The zero-order valence-corrected chi connectivity index (χ0v) is 39.6. The van der Waals surface area contributed by atoms with Crippen LogP contribution in [0.25, 0.3) is 0 Å². The number of carbonyl (C=O) groups excluding carboxylic acids is 8. The van der Waals surface area contributed by atoms with Crippen molar-refractivity contribution in [1.82, 2.24) is 37.0 Å². The molecule has 0 saturated heterocycles. The number of amides is 9. The van der Waals surface area contributed by atoms with E-state index in [4.69, 9.17) is 16.2 Å². The van der Waals surface area contributed by atoms with Crippen LogP contribution in [0, 0.1) is 11.8 Å². The van der Waals surface area contributed by atoms with E-state index in [1.165, 1.54) is 49.4 Å². The van der Waals surface area contributed by atoms with E-state index in [1.54, 1.807) is 63.2 Å². The lowest BCUT2D eigenvalue weighted by Gasteiger charge is -2.31. The Bertz CT molecular complexity index is 2180. The van der Waals surface area contributed by atoms with Gasteiger partial charge in [0.05, 0.1) is 12.7 Å². The molecule has 0 unspecified atom stereocenters. The molecule has 370 valence electrons. The second-order valence-electron chi connectivity index (χ2n) is 16.2. The molecular formula is C47H67N11O10. The lowest BCUT2D eigenvalue weighted by Crippen LogP contribution is -2.60. The Morgan fingerprint density at radius 1 is 0.735 bits per heavy atom. The number of unbranched alkanes of at least 4 members (excludes halogenated alkanes) is 1. The molecule has 0 bridgehead atoms. The fourth-order valence-electron chi connectivity index (χ4n) is 6.72. The largest absolute Gasteiger partial charge is 0.508 e. The molecule has 0 fully saturated rings. The van der Waals surface area contributed by atoms with Gasteiger partial charge in [0.25, 0.3) is 5.91 Å². The third kappa shape index (κ3) is 16.9. The summed E-state index contributed by atoms with van der Waals surface area (Å²) >= 11 is 0. The molecule has 3 rings (SSSR count). The summed E-state index contributed by atoms with van der Waals surface area (Å²) in [6.45, 7) is 6.85. The number of phenols is 1. The van der Waals surface area contributed by atoms with Crippen molar-refractivity contribution >= 4 is 58.8 Å². The van der Waals surface area contributed by atoms with E-state index in [0.29, 0.717) is 43.5 Å². The van der Waals surface area contributed by atoms with Gasteiger partial charge in [-0.15, -0.1) is 0 Å². The lowest BCUT2D eigenvalue weighted by molar-refractivity contribution is -0.134. The molecule has 3 aromatic rings. The highest BCUT2D eigenvalue weighted by atomic mass is 16.5. The Morgan fingerprint density at radius 3 is 2.03 bits per heavy atom. The molecule has 0 heterocycles. The lowest BCUT2D eigenvalue weighted by atomic mass is 9.96. The fraction of sp³-hybridized carbons (Fsp3) is 0.447. The summed E-state index contributed by atoms with van der Waals surface area (Å²) in [5, 5.41) is 23.3. The maximum Gasteiger partial charge on any atom is 0.318 e. The molecule has 21 heteroatoms. The van der Waals surface area contributed by atoms with Crippen molar-refractivity contribution in [2.75, 3.05) is 57.1 Å².